The molecular formula is C17H15Cl2N3O. The number of hydrogen-bond donors (Lipinski definition) is 1. The first-order chi connectivity index (χ1) is 11.2. The van der Waals surface area contributed by atoms with E-state index < -0.39 is 0 Å². The topological polar surface area (TPSA) is 48.3 Å². The maximum Gasteiger partial charge on any atom is 0.146 e. The predicted octanol–water partition coefficient (Wildman–Crippen LogP) is 4.07. The number of benzene rings is 2. The Kier molecular flexibility index (Phi) is 4.92. The lowest BCUT2D eigenvalue weighted by atomic mass is 10.1. The van der Waals surface area contributed by atoms with Gasteiger partial charge in [-0.3, -0.25) is 0 Å². The smallest absolute Gasteiger partial charge is 0.146 e. The lowest BCUT2D eigenvalue weighted by Gasteiger charge is -2.29. The standard InChI is InChI=1S/C17H15Cl2N3O/c18-13-1-3-17(15(19)10-13)23-16-4-2-14(9-12(16)11-20)22-7-5-21-6-8-22/h1-4,9-10,21H,5-8H2. The molecule has 0 saturated carbocycles. The van der Waals surface area contributed by atoms with Crippen LogP contribution in [0.25, 0.3) is 0 Å². The van der Waals surface area contributed by atoms with Crippen molar-refractivity contribution in [3.63, 3.8) is 0 Å². The molecule has 0 unspecified atom stereocenters. The highest BCUT2D eigenvalue weighted by Gasteiger charge is 2.14. The number of nitrogens with one attached hydrogen (secondary N) is 1. The second-order valence-electron chi connectivity index (χ2n) is 5.21. The third kappa shape index (κ3) is 3.70. The molecule has 0 atom stereocenters. The van der Waals surface area contributed by atoms with Crippen molar-refractivity contribution in [2.45, 2.75) is 0 Å². The summed E-state index contributed by atoms with van der Waals surface area (Å²) in [5.41, 5.74) is 1.50. The molecule has 0 bridgehead atoms. The highest BCUT2D eigenvalue weighted by atomic mass is 35.5. The van der Waals surface area contributed by atoms with E-state index in [1.54, 1.807) is 24.3 Å². The van der Waals surface area contributed by atoms with Crippen molar-refractivity contribution in [1.82, 2.24) is 5.32 Å². The van der Waals surface area contributed by atoms with Gasteiger partial charge in [-0.25, -0.2) is 0 Å². The lowest BCUT2D eigenvalue weighted by Crippen LogP contribution is -2.43. The molecule has 0 spiro atoms. The van der Waals surface area contributed by atoms with E-state index in [9.17, 15) is 5.26 Å². The molecule has 118 valence electrons. The van der Waals surface area contributed by atoms with Crippen molar-refractivity contribution in [3.05, 3.63) is 52.0 Å². The van der Waals surface area contributed by atoms with E-state index in [1.807, 2.05) is 12.1 Å². The molecule has 4 nitrogen and oxygen atoms in total. The zero-order chi connectivity index (χ0) is 16.2. The normalized spacial score (nSPS) is 14.4. The number of halogens is 2. The Morgan fingerprint density at radius 3 is 2.48 bits per heavy atom. The molecule has 0 aliphatic carbocycles. The number of nitriles is 1. The Hall–Kier alpha value is -1.93. The van der Waals surface area contributed by atoms with Crippen LogP contribution in [0.4, 0.5) is 5.69 Å². The maximum atomic E-state index is 9.42. The fraction of sp³-hybridized carbons (Fsp3) is 0.235. The van der Waals surface area contributed by atoms with Gasteiger partial charge in [-0.2, -0.15) is 5.26 Å². The average Bonchev–Trinajstić information content (AvgIpc) is 2.58. The fourth-order valence-electron chi connectivity index (χ4n) is 2.49. The quantitative estimate of drug-likeness (QED) is 0.909. The van der Waals surface area contributed by atoms with Gasteiger partial charge >= 0.3 is 0 Å². The molecule has 0 radical (unpaired) electrons. The molecule has 3 rings (SSSR count). The molecule has 1 N–H and O–H groups in total. The van der Waals surface area contributed by atoms with Crippen LogP contribution in [0.5, 0.6) is 11.5 Å². The third-order valence-corrected chi connectivity index (χ3v) is 4.21. The van der Waals surface area contributed by atoms with E-state index in [2.05, 4.69) is 16.3 Å². The molecule has 1 heterocycles. The molecule has 1 fully saturated rings. The van der Waals surface area contributed by atoms with Crippen molar-refractivity contribution in [2.24, 2.45) is 0 Å². The van der Waals surface area contributed by atoms with Crippen LogP contribution in [-0.2, 0) is 0 Å². The summed E-state index contributed by atoms with van der Waals surface area (Å²) in [5.74, 6) is 0.957. The minimum Gasteiger partial charge on any atom is -0.454 e. The van der Waals surface area contributed by atoms with E-state index in [-0.39, 0.29) is 0 Å². The van der Waals surface area contributed by atoms with Crippen molar-refractivity contribution >= 4 is 28.9 Å². The van der Waals surface area contributed by atoms with Crippen LogP contribution >= 0.6 is 23.2 Å². The van der Waals surface area contributed by atoms with Gasteiger partial charge < -0.3 is 15.0 Å². The molecule has 0 amide bonds. The van der Waals surface area contributed by atoms with Crippen molar-refractivity contribution in [2.75, 3.05) is 31.1 Å². The van der Waals surface area contributed by atoms with Gasteiger partial charge in [0.1, 0.15) is 17.6 Å². The van der Waals surface area contributed by atoms with Gasteiger partial charge in [0.25, 0.3) is 0 Å². The van der Waals surface area contributed by atoms with Crippen LogP contribution in [0.1, 0.15) is 5.56 Å². The van der Waals surface area contributed by atoms with Crippen LogP contribution in [0.2, 0.25) is 10.0 Å². The molecule has 0 aromatic heterocycles. The van der Waals surface area contributed by atoms with E-state index in [0.29, 0.717) is 27.1 Å². The maximum absolute atomic E-state index is 9.42. The molecule has 2 aromatic rings. The largest absolute Gasteiger partial charge is 0.454 e. The van der Waals surface area contributed by atoms with E-state index in [0.717, 1.165) is 31.9 Å². The molecule has 6 heteroatoms. The zero-order valence-corrected chi connectivity index (χ0v) is 13.9. The minimum atomic E-state index is 0.410. The predicted molar refractivity (Wildman–Crippen MR) is 92.8 cm³/mol. The van der Waals surface area contributed by atoms with Gasteiger partial charge in [-0.15, -0.1) is 0 Å². The summed E-state index contributed by atoms with van der Waals surface area (Å²) in [6.07, 6.45) is 0. The van der Waals surface area contributed by atoms with Gasteiger partial charge in [0.2, 0.25) is 0 Å². The fourth-order valence-corrected chi connectivity index (χ4v) is 2.94. The highest BCUT2D eigenvalue weighted by molar-refractivity contribution is 6.35. The van der Waals surface area contributed by atoms with E-state index in [4.69, 9.17) is 27.9 Å². The van der Waals surface area contributed by atoms with Crippen LogP contribution in [-0.4, -0.2) is 26.2 Å². The van der Waals surface area contributed by atoms with Crippen molar-refractivity contribution in [3.8, 4) is 17.6 Å². The molecule has 1 aliphatic heterocycles. The van der Waals surface area contributed by atoms with Crippen LogP contribution in [0, 0.1) is 11.3 Å². The average molecular weight is 348 g/mol. The number of anilines is 1. The molecule has 1 saturated heterocycles. The number of rotatable bonds is 3. The Bertz CT molecular complexity index is 752. The van der Waals surface area contributed by atoms with Crippen LogP contribution in [0.3, 0.4) is 0 Å². The zero-order valence-electron chi connectivity index (χ0n) is 12.4. The molecule has 23 heavy (non-hydrogen) atoms. The monoisotopic (exact) mass is 347 g/mol. The molecule has 1 aliphatic rings. The van der Waals surface area contributed by atoms with Crippen molar-refractivity contribution < 1.29 is 4.74 Å². The Morgan fingerprint density at radius 2 is 1.78 bits per heavy atom. The van der Waals surface area contributed by atoms with Gasteiger partial charge in [0, 0.05) is 36.9 Å². The SMILES string of the molecule is N#Cc1cc(N2CCNCC2)ccc1Oc1ccc(Cl)cc1Cl. The van der Waals surface area contributed by atoms with Gasteiger partial charge in [0.15, 0.2) is 0 Å². The summed E-state index contributed by atoms with van der Waals surface area (Å²) in [6.45, 7) is 3.74. The second kappa shape index (κ2) is 7.10. The number of piperazine rings is 1. The third-order valence-electron chi connectivity index (χ3n) is 3.68. The summed E-state index contributed by atoms with van der Waals surface area (Å²) < 4.78 is 5.78. The summed E-state index contributed by atoms with van der Waals surface area (Å²) in [4.78, 5) is 2.25. The Balaban J connectivity index is 1.86. The van der Waals surface area contributed by atoms with Crippen molar-refractivity contribution in [1.29, 1.82) is 5.26 Å². The second-order valence-corrected chi connectivity index (χ2v) is 6.05. The summed E-state index contributed by atoms with van der Waals surface area (Å²) in [5, 5.41) is 13.7. The first-order valence-corrected chi connectivity index (χ1v) is 8.05. The minimum absolute atomic E-state index is 0.410. The Morgan fingerprint density at radius 1 is 1.04 bits per heavy atom. The van der Waals surface area contributed by atoms with E-state index in [1.165, 1.54) is 0 Å². The van der Waals surface area contributed by atoms with Gasteiger partial charge in [-0.1, -0.05) is 23.2 Å². The van der Waals surface area contributed by atoms with Crippen LogP contribution in [0.15, 0.2) is 36.4 Å². The number of nitrogens with zero attached hydrogens (tertiary/aromatic N) is 2. The Labute approximate surface area is 145 Å². The molecule has 2 aromatic carbocycles. The first-order valence-electron chi connectivity index (χ1n) is 7.30. The summed E-state index contributed by atoms with van der Waals surface area (Å²) >= 11 is 12.0. The van der Waals surface area contributed by atoms with Gasteiger partial charge in [0.05, 0.1) is 10.6 Å². The lowest BCUT2D eigenvalue weighted by molar-refractivity contribution is 0.481. The van der Waals surface area contributed by atoms with E-state index >= 15 is 0 Å². The first kappa shape index (κ1) is 15.9. The molecular weight excluding hydrogens is 333 g/mol. The number of hydrogen-bond acceptors (Lipinski definition) is 4. The van der Waals surface area contributed by atoms with Gasteiger partial charge in [-0.05, 0) is 36.4 Å². The number of ether oxygens (including phenoxy) is 1. The summed E-state index contributed by atoms with van der Waals surface area (Å²) in [6, 6.07) is 12.8. The highest BCUT2D eigenvalue weighted by Crippen LogP contribution is 2.34. The summed E-state index contributed by atoms with van der Waals surface area (Å²) in [7, 11) is 0. The van der Waals surface area contributed by atoms with Crippen LogP contribution < -0.4 is 15.0 Å².